The van der Waals surface area contributed by atoms with Crippen molar-refractivity contribution < 1.29 is 9.59 Å². The second-order valence-electron chi connectivity index (χ2n) is 6.38. The molecule has 3 rings (SSSR count). The van der Waals surface area contributed by atoms with Crippen LogP contribution in [0.1, 0.15) is 36.7 Å². The smallest absolute Gasteiger partial charge is 0.256 e. The number of fused-ring (bicyclic) bond motifs is 1. The number of hydrogen-bond donors (Lipinski definition) is 1. The Balaban J connectivity index is 1.80. The van der Waals surface area contributed by atoms with E-state index in [4.69, 9.17) is 0 Å². The highest BCUT2D eigenvalue weighted by molar-refractivity contribution is 8.00. The van der Waals surface area contributed by atoms with Gasteiger partial charge in [0.05, 0.1) is 5.56 Å². The number of thioether (sulfide) groups is 1. The largest absolute Gasteiger partial charge is 0.322 e. The molecular formula is C20H22N2O2S. The van der Waals surface area contributed by atoms with Crippen LogP contribution in [-0.2, 0) is 11.2 Å². The van der Waals surface area contributed by atoms with E-state index in [2.05, 4.69) is 19.2 Å². The molecule has 1 heterocycles. The Labute approximate surface area is 152 Å². The first-order valence-electron chi connectivity index (χ1n) is 8.44. The van der Waals surface area contributed by atoms with E-state index in [9.17, 15) is 9.59 Å². The molecule has 2 aromatic rings. The molecule has 0 bridgehead atoms. The predicted molar refractivity (Wildman–Crippen MR) is 104 cm³/mol. The van der Waals surface area contributed by atoms with Crippen molar-refractivity contribution in [3.63, 3.8) is 0 Å². The molecule has 130 valence electrons. The van der Waals surface area contributed by atoms with E-state index in [1.807, 2.05) is 42.5 Å². The zero-order valence-electron chi connectivity index (χ0n) is 14.7. The molecule has 4 nitrogen and oxygen atoms in total. The summed E-state index contributed by atoms with van der Waals surface area (Å²) >= 11 is 1.68. The van der Waals surface area contributed by atoms with Crippen LogP contribution in [0.3, 0.4) is 0 Å². The molecule has 0 saturated carbocycles. The molecular weight excluding hydrogens is 332 g/mol. The summed E-state index contributed by atoms with van der Waals surface area (Å²) in [4.78, 5) is 27.1. The first kappa shape index (κ1) is 17.5. The lowest BCUT2D eigenvalue weighted by Crippen LogP contribution is -2.25. The van der Waals surface area contributed by atoms with Gasteiger partial charge < -0.3 is 10.2 Å². The summed E-state index contributed by atoms with van der Waals surface area (Å²) in [5, 5.41) is 3.40. The molecule has 0 saturated heterocycles. The number of nitrogens with zero attached hydrogens (tertiary/aromatic N) is 1. The summed E-state index contributed by atoms with van der Waals surface area (Å²) in [6.45, 7) is 6.51. The van der Waals surface area contributed by atoms with Crippen LogP contribution in [0, 0.1) is 0 Å². The second-order valence-corrected chi connectivity index (χ2v) is 8.00. The minimum atomic E-state index is -0.106. The molecule has 25 heavy (non-hydrogen) atoms. The number of carbonyl (C=O) groups is 2. The molecule has 0 unspecified atom stereocenters. The van der Waals surface area contributed by atoms with E-state index >= 15 is 0 Å². The van der Waals surface area contributed by atoms with Crippen molar-refractivity contribution >= 4 is 35.0 Å². The first-order chi connectivity index (χ1) is 12.0. The fourth-order valence-corrected chi connectivity index (χ4v) is 3.97. The van der Waals surface area contributed by atoms with Crippen LogP contribution in [0.5, 0.6) is 0 Å². The van der Waals surface area contributed by atoms with Crippen molar-refractivity contribution in [1.29, 1.82) is 0 Å². The van der Waals surface area contributed by atoms with Crippen LogP contribution in [0.2, 0.25) is 0 Å². The number of benzene rings is 2. The van der Waals surface area contributed by atoms with Crippen molar-refractivity contribution in [3.05, 3.63) is 53.6 Å². The van der Waals surface area contributed by atoms with Gasteiger partial charge in [-0.1, -0.05) is 26.0 Å². The molecule has 0 spiro atoms. The maximum Gasteiger partial charge on any atom is 0.256 e. The molecule has 0 radical (unpaired) electrons. The molecule has 2 aromatic carbocycles. The molecule has 1 aliphatic heterocycles. The Kier molecular flexibility index (Phi) is 5.13. The first-order valence-corrected chi connectivity index (χ1v) is 9.31. The highest BCUT2D eigenvalue weighted by Crippen LogP contribution is 2.31. The van der Waals surface area contributed by atoms with Crippen molar-refractivity contribution in [2.75, 3.05) is 16.8 Å². The zero-order chi connectivity index (χ0) is 18.0. The molecule has 0 fully saturated rings. The van der Waals surface area contributed by atoms with Crippen LogP contribution in [0.15, 0.2) is 47.4 Å². The van der Waals surface area contributed by atoms with E-state index in [0.717, 1.165) is 28.3 Å². The molecule has 1 N–H and O–H groups in total. The fourth-order valence-electron chi connectivity index (χ4n) is 3.02. The van der Waals surface area contributed by atoms with Gasteiger partial charge in [-0.05, 0) is 42.3 Å². The average molecular weight is 354 g/mol. The fraction of sp³-hybridized carbons (Fsp3) is 0.300. The Morgan fingerprint density at radius 3 is 2.64 bits per heavy atom. The van der Waals surface area contributed by atoms with Gasteiger partial charge in [-0.25, -0.2) is 0 Å². The molecule has 1 aliphatic rings. The van der Waals surface area contributed by atoms with Gasteiger partial charge >= 0.3 is 0 Å². The highest BCUT2D eigenvalue weighted by atomic mass is 32.2. The average Bonchev–Trinajstić information content (AvgIpc) is 2.98. The van der Waals surface area contributed by atoms with E-state index in [0.29, 0.717) is 17.4 Å². The summed E-state index contributed by atoms with van der Waals surface area (Å²) < 4.78 is 0. The third-order valence-electron chi connectivity index (χ3n) is 4.11. The van der Waals surface area contributed by atoms with Crippen LogP contribution in [0.4, 0.5) is 11.4 Å². The Morgan fingerprint density at radius 2 is 1.92 bits per heavy atom. The van der Waals surface area contributed by atoms with Gasteiger partial charge in [-0.2, -0.15) is 0 Å². The second kappa shape index (κ2) is 7.31. The van der Waals surface area contributed by atoms with Crippen LogP contribution >= 0.6 is 11.8 Å². The van der Waals surface area contributed by atoms with Gasteiger partial charge in [-0.15, -0.1) is 11.8 Å². The minimum absolute atomic E-state index is 0.0511. The van der Waals surface area contributed by atoms with Crippen molar-refractivity contribution in [2.45, 2.75) is 37.3 Å². The normalized spacial score (nSPS) is 13.0. The standard InChI is InChI=1S/C20H22N2O2S/c1-13(2)25-19-7-5-4-6-17(19)20(24)21-16-8-9-18-15(12-16)10-11-22(18)14(3)23/h4-9,12-13H,10-11H2,1-3H3,(H,21,24). The van der Waals surface area contributed by atoms with Gasteiger partial charge in [0.1, 0.15) is 0 Å². The molecule has 5 heteroatoms. The summed E-state index contributed by atoms with van der Waals surface area (Å²) in [5.74, 6) is -0.0553. The third-order valence-corrected chi connectivity index (χ3v) is 5.19. The number of nitrogens with one attached hydrogen (secondary N) is 1. The van der Waals surface area contributed by atoms with Crippen molar-refractivity contribution in [3.8, 4) is 0 Å². The number of amides is 2. The lowest BCUT2D eigenvalue weighted by Gasteiger charge is -2.15. The van der Waals surface area contributed by atoms with Crippen molar-refractivity contribution in [2.24, 2.45) is 0 Å². The van der Waals surface area contributed by atoms with Crippen LogP contribution in [-0.4, -0.2) is 23.6 Å². The number of hydrogen-bond acceptors (Lipinski definition) is 3. The number of carbonyl (C=O) groups excluding carboxylic acids is 2. The third kappa shape index (κ3) is 3.87. The van der Waals surface area contributed by atoms with Gasteiger partial charge in [0.25, 0.3) is 5.91 Å². The summed E-state index contributed by atoms with van der Waals surface area (Å²) in [6, 6.07) is 13.4. The van der Waals surface area contributed by atoms with E-state index in [1.165, 1.54) is 0 Å². The predicted octanol–water partition coefficient (Wildman–Crippen LogP) is 4.35. The topological polar surface area (TPSA) is 49.4 Å². The van der Waals surface area contributed by atoms with Crippen LogP contribution < -0.4 is 10.2 Å². The Bertz CT molecular complexity index is 817. The van der Waals surface area contributed by atoms with E-state index in [1.54, 1.807) is 23.6 Å². The maximum absolute atomic E-state index is 12.7. The van der Waals surface area contributed by atoms with Crippen LogP contribution in [0.25, 0.3) is 0 Å². The number of anilines is 2. The van der Waals surface area contributed by atoms with Gasteiger partial charge in [-0.3, -0.25) is 9.59 Å². The molecule has 2 amide bonds. The lowest BCUT2D eigenvalue weighted by molar-refractivity contribution is -0.116. The molecule has 0 aromatic heterocycles. The van der Waals surface area contributed by atoms with E-state index in [-0.39, 0.29) is 11.8 Å². The lowest BCUT2D eigenvalue weighted by atomic mass is 10.1. The van der Waals surface area contributed by atoms with Gasteiger partial charge in [0.15, 0.2) is 0 Å². The molecule has 0 atom stereocenters. The highest BCUT2D eigenvalue weighted by Gasteiger charge is 2.22. The monoisotopic (exact) mass is 354 g/mol. The van der Waals surface area contributed by atoms with Gasteiger partial charge in [0.2, 0.25) is 5.91 Å². The number of rotatable bonds is 4. The summed E-state index contributed by atoms with van der Waals surface area (Å²) in [5.41, 5.74) is 3.49. The Hall–Kier alpha value is -2.27. The molecule has 0 aliphatic carbocycles. The quantitative estimate of drug-likeness (QED) is 0.831. The SMILES string of the molecule is CC(=O)N1CCc2cc(NC(=O)c3ccccc3SC(C)C)ccc21. The summed E-state index contributed by atoms with van der Waals surface area (Å²) in [6.07, 6.45) is 0.818. The van der Waals surface area contributed by atoms with Crippen molar-refractivity contribution in [1.82, 2.24) is 0 Å². The zero-order valence-corrected chi connectivity index (χ0v) is 15.5. The van der Waals surface area contributed by atoms with Gasteiger partial charge in [0, 0.05) is 35.0 Å². The summed E-state index contributed by atoms with van der Waals surface area (Å²) in [7, 11) is 0. The van der Waals surface area contributed by atoms with E-state index < -0.39 is 0 Å². The minimum Gasteiger partial charge on any atom is -0.322 e. The maximum atomic E-state index is 12.7. The Morgan fingerprint density at radius 1 is 1.16 bits per heavy atom.